The van der Waals surface area contributed by atoms with Crippen molar-refractivity contribution in [3.8, 4) is 0 Å². The van der Waals surface area contributed by atoms with Gasteiger partial charge < -0.3 is 4.79 Å². The molecule has 0 saturated heterocycles. The first-order chi connectivity index (χ1) is 6.72. The highest BCUT2D eigenvalue weighted by Crippen LogP contribution is 2.26. The van der Waals surface area contributed by atoms with Crippen LogP contribution >= 0.6 is 0 Å². The SMILES string of the molecule is Cc1ccc(CC=O)c2c1CC(=O)C2. The number of carbonyl (C=O) groups is 2. The average Bonchev–Trinajstić information content (AvgIpc) is 2.53. The zero-order chi connectivity index (χ0) is 10.1. The Kier molecular flexibility index (Phi) is 2.20. The summed E-state index contributed by atoms with van der Waals surface area (Å²) in [6.45, 7) is 2.02. The summed E-state index contributed by atoms with van der Waals surface area (Å²) in [5, 5.41) is 0. The zero-order valence-corrected chi connectivity index (χ0v) is 8.17. The average molecular weight is 188 g/mol. The van der Waals surface area contributed by atoms with Crippen LogP contribution in [-0.2, 0) is 28.9 Å². The molecule has 0 bridgehead atoms. The van der Waals surface area contributed by atoms with Crippen molar-refractivity contribution in [2.45, 2.75) is 26.2 Å². The number of aryl methyl sites for hydroxylation is 1. The van der Waals surface area contributed by atoms with Crippen molar-refractivity contribution in [1.29, 1.82) is 0 Å². The van der Waals surface area contributed by atoms with Gasteiger partial charge in [-0.2, -0.15) is 0 Å². The van der Waals surface area contributed by atoms with E-state index in [1.807, 2.05) is 19.1 Å². The third kappa shape index (κ3) is 1.37. The molecule has 0 heterocycles. The molecule has 1 aliphatic rings. The van der Waals surface area contributed by atoms with Gasteiger partial charge in [0.15, 0.2) is 0 Å². The summed E-state index contributed by atoms with van der Waals surface area (Å²) < 4.78 is 0. The molecular weight excluding hydrogens is 176 g/mol. The minimum absolute atomic E-state index is 0.265. The molecule has 14 heavy (non-hydrogen) atoms. The summed E-state index contributed by atoms with van der Waals surface area (Å²) in [4.78, 5) is 21.8. The lowest BCUT2D eigenvalue weighted by molar-refractivity contribution is -0.117. The van der Waals surface area contributed by atoms with E-state index < -0.39 is 0 Å². The van der Waals surface area contributed by atoms with Gasteiger partial charge in [0, 0.05) is 19.3 Å². The molecule has 0 radical (unpaired) electrons. The number of fused-ring (bicyclic) bond motifs is 1. The Balaban J connectivity index is 2.52. The Morgan fingerprint density at radius 1 is 1.29 bits per heavy atom. The molecule has 2 rings (SSSR count). The fourth-order valence-corrected chi connectivity index (χ4v) is 2.06. The Labute approximate surface area is 82.9 Å². The fourth-order valence-electron chi connectivity index (χ4n) is 2.06. The van der Waals surface area contributed by atoms with Crippen molar-refractivity contribution >= 4 is 12.1 Å². The molecule has 0 aliphatic heterocycles. The summed E-state index contributed by atoms with van der Waals surface area (Å²) in [5.41, 5.74) is 4.43. The minimum atomic E-state index is 0.265. The Hall–Kier alpha value is -1.44. The topological polar surface area (TPSA) is 34.1 Å². The second-order valence-corrected chi connectivity index (χ2v) is 3.76. The highest BCUT2D eigenvalue weighted by atomic mass is 16.1. The Bertz CT molecular complexity index is 405. The van der Waals surface area contributed by atoms with Gasteiger partial charge >= 0.3 is 0 Å². The van der Waals surface area contributed by atoms with Gasteiger partial charge in [-0.3, -0.25) is 4.79 Å². The van der Waals surface area contributed by atoms with E-state index in [2.05, 4.69) is 0 Å². The largest absolute Gasteiger partial charge is 0.303 e. The summed E-state index contributed by atoms with van der Waals surface area (Å²) >= 11 is 0. The number of hydrogen-bond donors (Lipinski definition) is 0. The van der Waals surface area contributed by atoms with Crippen molar-refractivity contribution in [2.75, 3.05) is 0 Å². The predicted octanol–water partition coefficient (Wildman–Crippen LogP) is 1.40. The van der Waals surface area contributed by atoms with Gasteiger partial charge in [-0.25, -0.2) is 0 Å². The van der Waals surface area contributed by atoms with E-state index in [9.17, 15) is 9.59 Å². The first-order valence-electron chi connectivity index (χ1n) is 4.78. The maximum absolute atomic E-state index is 11.3. The van der Waals surface area contributed by atoms with Gasteiger partial charge in [0.2, 0.25) is 0 Å². The van der Waals surface area contributed by atoms with E-state index in [0.717, 1.165) is 23.0 Å². The van der Waals surface area contributed by atoms with E-state index in [1.54, 1.807) is 0 Å². The number of rotatable bonds is 2. The third-order valence-electron chi connectivity index (χ3n) is 2.81. The number of benzene rings is 1. The second kappa shape index (κ2) is 3.37. The number of ketones is 1. The van der Waals surface area contributed by atoms with Crippen molar-refractivity contribution in [3.05, 3.63) is 34.4 Å². The molecule has 1 aromatic carbocycles. The zero-order valence-electron chi connectivity index (χ0n) is 8.17. The van der Waals surface area contributed by atoms with Crippen molar-refractivity contribution in [1.82, 2.24) is 0 Å². The summed E-state index contributed by atoms with van der Waals surface area (Å²) in [6.07, 6.45) is 2.39. The van der Waals surface area contributed by atoms with Crippen molar-refractivity contribution in [2.24, 2.45) is 0 Å². The van der Waals surface area contributed by atoms with Crippen LogP contribution in [-0.4, -0.2) is 12.1 Å². The predicted molar refractivity (Wildman–Crippen MR) is 53.4 cm³/mol. The van der Waals surface area contributed by atoms with E-state index in [1.165, 1.54) is 5.56 Å². The van der Waals surface area contributed by atoms with Gasteiger partial charge in [-0.1, -0.05) is 12.1 Å². The molecule has 0 unspecified atom stereocenters. The first-order valence-corrected chi connectivity index (χ1v) is 4.78. The minimum Gasteiger partial charge on any atom is -0.303 e. The summed E-state index contributed by atoms with van der Waals surface area (Å²) in [5.74, 6) is 0.265. The lowest BCUT2D eigenvalue weighted by Gasteiger charge is -2.07. The highest BCUT2D eigenvalue weighted by molar-refractivity contribution is 5.89. The lowest BCUT2D eigenvalue weighted by atomic mass is 9.97. The van der Waals surface area contributed by atoms with Crippen LogP contribution in [0.2, 0.25) is 0 Å². The Morgan fingerprint density at radius 3 is 2.71 bits per heavy atom. The first kappa shape index (κ1) is 9.13. The molecule has 0 N–H and O–H groups in total. The van der Waals surface area contributed by atoms with Gasteiger partial charge in [0.1, 0.15) is 12.1 Å². The molecule has 2 heteroatoms. The van der Waals surface area contributed by atoms with Gasteiger partial charge in [0.25, 0.3) is 0 Å². The van der Waals surface area contributed by atoms with Crippen LogP contribution in [0.3, 0.4) is 0 Å². The smallest absolute Gasteiger partial charge is 0.141 e. The van der Waals surface area contributed by atoms with Crippen LogP contribution in [0, 0.1) is 6.92 Å². The molecule has 1 aromatic rings. The molecule has 0 spiro atoms. The van der Waals surface area contributed by atoms with E-state index >= 15 is 0 Å². The molecule has 1 aliphatic carbocycles. The van der Waals surface area contributed by atoms with Gasteiger partial charge in [-0.15, -0.1) is 0 Å². The Morgan fingerprint density at radius 2 is 2.00 bits per heavy atom. The molecule has 0 amide bonds. The van der Waals surface area contributed by atoms with Crippen LogP contribution in [0.25, 0.3) is 0 Å². The fraction of sp³-hybridized carbons (Fsp3) is 0.333. The maximum atomic E-state index is 11.3. The highest BCUT2D eigenvalue weighted by Gasteiger charge is 2.22. The van der Waals surface area contributed by atoms with Gasteiger partial charge in [-0.05, 0) is 29.2 Å². The van der Waals surface area contributed by atoms with Crippen LogP contribution < -0.4 is 0 Å². The van der Waals surface area contributed by atoms with E-state index in [-0.39, 0.29) is 5.78 Å². The quantitative estimate of drug-likeness (QED) is 0.657. The van der Waals surface area contributed by atoms with Crippen molar-refractivity contribution in [3.63, 3.8) is 0 Å². The van der Waals surface area contributed by atoms with Gasteiger partial charge in [0.05, 0.1) is 0 Å². The molecule has 0 atom stereocenters. The monoisotopic (exact) mass is 188 g/mol. The molecule has 0 fully saturated rings. The standard InChI is InChI=1S/C12H12O2/c1-8-2-3-9(4-5-13)12-7-10(14)6-11(8)12/h2-3,5H,4,6-7H2,1H3. The van der Waals surface area contributed by atoms with Crippen molar-refractivity contribution < 1.29 is 9.59 Å². The second-order valence-electron chi connectivity index (χ2n) is 3.76. The number of hydrogen-bond acceptors (Lipinski definition) is 2. The normalized spacial score (nSPS) is 14.2. The van der Waals surface area contributed by atoms with Crippen LogP contribution in [0.5, 0.6) is 0 Å². The molecular formula is C12H12O2. The number of aldehydes is 1. The molecule has 0 saturated carbocycles. The number of Topliss-reactive ketones (excluding diaryl/α,β-unsaturated/α-hetero) is 1. The lowest BCUT2D eigenvalue weighted by Crippen LogP contribution is -1.96. The number of carbonyl (C=O) groups excluding carboxylic acids is 2. The molecule has 72 valence electrons. The summed E-state index contributed by atoms with van der Waals surface area (Å²) in [7, 11) is 0. The maximum Gasteiger partial charge on any atom is 0.141 e. The third-order valence-corrected chi connectivity index (χ3v) is 2.81. The molecule has 0 aromatic heterocycles. The molecule has 2 nitrogen and oxygen atoms in total. The van der Waals surface area contributed by atoms with Crippen LogP contribution in [0.1, 0.15) is 22.3 Å². The van der Waals surface area contributed by atoms with Crippen LogP contribution in [0.15, 0.2) is 12.1 Å². The van der Waals surface area contributed by atoms with E-state index in [0.29, 0.717) is 19.3 Å². The van der Waals surface area contributed by atoms with Crippen LogP contribution in [0.4, 0.5) is 0 Å². The summed E-state index contributed by atoms with van der Waals surface area (Å²) in [6, 6.07) is 3.96. The van der Waals surface area contributed by atoms with E-state index in [4.69, 9.17) is 0 Å².